The predicted octanol–water partition coefficient (Wildman–Crippen LogP) is 3.36. The number of allylic oxidation sites excluding steroid dienone is 1. The first-order chi connectivity index (χ1) is 15.0. The second kappa shape index (κ2) is 14.1. The van der Waals surface area contributed by atoms with Gasteiger partial charge in [0.15, 0.2) is 5.76 Å². The average Bonchev–Trinajstić information content (AvgIpc) is 2.78. The molecular formula is C24H43NO6. The average molecular weight is 442 g/mol. The van der Waals surface area contributed by atoms with Crippen LogP contribution in [-0.2, 0) is 23.7 Å². The van der Waals surface area contributed by atoms with E-state index in [4.69, 9.17) is 24.1 Å². The van der Waals surface area contributed by atoms with Crippen molar-refractivity contribution in [3.05, 3.63) is 11.8 Å². The van der Waals surface area contributed by atoms with Gasteiger partial charge in [-0.2, -0.15) is 0 Å². The van der Waals surface area contributed by atoms with Gasteiger partial charge in [-0.05, 0) is 44.1 Å². The summed E-state index contributed by atoms with van der Waals surface area (Å²) >= 11 is 0. The summed E-state index contributed by atoms with van der Waals surface area (Å²) in [4.78, 5) is 15.1. The van der Waals surface area contributed by atoms with Gasteiger partial charge in [-0.1, -0.05) is 33.1 Å². The third kappa shape index (κ3) is 8.04. The van der Waals surface area contributed by atoms with Crippen LogP contribution in [-0.4, -0.2) is 74.9 Å². The number of carbonyl (C=O) groups is 1. The van der Waals surface area contributed by atoms with Gasteiger partial charge in [0.2, 0.25) is 6.29 Å². The molecule has 1 heterocycles. The van der Waals surface area contributed by atoms with Gasteiger partial charge < -0.3 is 29.0 Å². The third-order valence-electron chi connectivity index (χ3n) is 6.39. The van der Waals surface area contributed by atoms with Crippen LogP contribution in [0.2, 0.25) is 0 Å². The number of nitrogens with zero attached hydrogens (tertiary/aromatic N) is 1. The molecule has 0 aromatic carbocycles. The van der Waals surface area contributed by atoms with Gasteiger partial charge >= 0.3 is 0 Å². The topological polar surface area (TPSA) is 77.5 Å². The molecule has 0 radical (unpaired) electrons. The Morgan fingerprint density at radius 3 is 2.45 bits per heavy atom. The maximum absolute atomic E-state index is 13.2. The fourth-order valence-electron chi connectivity index (χ4n) is 4.60. The smallest absolute Gasteiger partial charge is 0.288 e. The van der Waals surface area contributed by atoms with Crippen molar-refractivity contribution in [1.29, 1.82) is 0 Å². The fraction of sp³-hybridized carbons (Fsp3) is 0.875. The van der Waals surface area contributed by atoms with Crippen molar-refractivity contribution in [2.24, 2.45) is 17.8 Å². The lowest BCUT2D eigenvalue weighted by Gasteiger charge is -2.40. The summed E-state index contributed by atoms with van der Waals surface area (Å²) in [6.07, 6.45) is 8.13. The Kier molecular flexibility index (Phi) is 11.9. The summed E-state index contributed by atoms with van der Waals surface area (Å²) in [6, 6.07) is 0.299. The molecule has 0 spiro atoms. The van der Waals surface area contributed by atoms with Crippen LogP contribution in [0, 0.1) is 17.8 Å². The van der Waals surface area contributed by atoms with Crippen molar-refractivity contribution in [2.45, 2.75) is 71.6 Å². The molecule has 1 amide bonds. The van der Waals surface area contributed by atoms with Gasteiger partial charge in [0, 0.05) is 32.2 Å². The van der Waals surface area contributed by atoms with Gasteiger partial charge in [-0.15, -0.1) is 0 Å². The molecule has 31 heavy (non-hydrogen) atoms. The van der Waals surface area contributed by atoms with E-state index in [1.54, 1.807) is 0 Å². The first-order valence-corrected chi connectivity index (χ1v) is 12.0. The largest absolute Gasteiger partial charge is 0.459 e. The van der Waals surface area contributed by atoms with E-state index in [0.29, 0.717) is 50.8 Å². The second-order valence-corrected chi connectivity index (χ2v) is 8.90. The first kappa shape index (κ1) is 26.1. The minimum atomic E-state index is -0.449. The Labute approximate surface area is 188 Å². The third-order valence-corrected chi connectivity index (χ3v) is 6.39. The van der Waals surface area contributed by atoms with E-state index in [2.05, 4.69) is 13.8 Å². The van der Waals surface area contributed by atoms with Crippen molar-refractivity contribution in [1.82, 2.24) is 4.90 Å². The van der Waals surface area contributed by atoms with Gasteiger partial charge in [0.1, 0.15) is 0 Å². The summed E-state index contributed by atoms with van der Waals surface area (Å²) in [6.45, 7) is 8.73. The van der Waals surface area contributed by atoms with E-state index >= 15 is 0 Å². The highest BCUT2D eigenvalue weighted by Crippen LogP contribution is 2.37. The lowest BCUT2D eigenvalue weighted by Crippen LogP contribution is -2.44. The highest BCUT2D eigenvalue weighted by molar-refractivity contribution is 5.91. The molecule has 2 aliphatic rings. The second-order valence-electron chi connectivity index (χ2n) is 8.90. The summed E-state index contributed by atoms with van der Waals surface area (Å²) in [7, 11) is 1.90. The molecular weight excluding hydrogens is 398 g/mol. The maximum Gasteiger partial charge on any atom is 0.288 e. The molecule has 0 unspecified atom stereocenters. The van der Waals surface area contributed by atoms with E-state index in [1.807, 2.05) is 24.9 Å². The molecule has 180 valence electrons. The lowest BCUT2D eigenvalue weighted by molar-refractivity contribution is -0.180. The SMILES string of the molecule is CCO[C@H]1OC(C(=O)N(C)C2CCCCC2)=C[C@@H](C(C)C)[C@H]1CCOCCOCCO. The summed E-state index contributed by atoms with van der Waals surface area (Å²) in [5.74, 6) is 1.05. The number of aliphatic hydroxyl groups excluding tert-OH is 1. The van der Waals surface area contributed by atoms with Gasteiger partial charge in [0.25, 0.3) is 5.91 Å². The molecule has 0 saturated heterocycles. The predicted molar refractivity (Wildman–Crippen MR) is 119 cm³/mol. The summed E-state index contributed by atoms with van der Waals surface area (Å²) < 4.78 is 23.0. The molecule has 3 atom stereocenters. The Hall–Kier alpha value is -1.15. The van der Waals surface area contributed by atoms with Crippen LogP contribution in [0.3, 0.4) is 0 Å². The van der Waals surface area contributed by atoms with E-state index in [0.717, 1.165) is 19.3 Å². The maximum atomic E-state index is 13.2. The number of amides is 1. The van der Waals surface area contributed by atoms with Gasteiger partial charge in [0.05, 0.1) is 26.4 Å². The summed E-state index contributed by atoms with van der Waals surface area (Å²) in [5.41, 5.74) is 0. The van der Waals surface area contributed by atoms with E-state index < -0.39 is 6.29 Å². The van der Waals surface area contributed by atoms with Crippen molar-refractivity contribution in [2.75, 3.05) is 46.7 Å². The zero-order valence-electron chi connectivity index (χ0n) is 19.9. The van der Waals surface area contributed by atoms with Crippen molar-refractivity contribution >= 4 is 5.91 Å². The number of likely N-dealkylation sites (N-methyl/N-ethyl adjacent to an activating group) is 1. The van der Waals surface area contributed by atoms with Crippen LogP contribution in [0.25, 0.3) is 0 Å². The Morgan fingerprint density at radius 1 is 1.16 bits per heavy atom. The number of hydrogen-bond donors (Lipinski definition) is 1. The highest BCUT2D eigenvalue weighted by Gasteiger charge is 2.39. The molecule has 1 fully saturated rings. The molecule has 7 heteroatoms. The molecule has 0 bridgehead atoms. The minimum Gasteiger partial charge on any atom is -0.459 e. The van der Waals surface area contributed by atoms with E-state index in [1.165, 1.54) is 19.3 Å². The first-order valence-electron chi connectivity index (χ1n) is 12.0. The molecule has 1 saturated carbocycles. The minimum absolute atomic E-state index is 0.0227. The van der Waals surface area contributed by atoms with E-state index in [9.17, 15) is 4.79 Å². The van der Waals surface area contributed by atoms with Crippen LogP contribution in [0.1, 0.15) is 59.3 Å². The van der Waals surface area contributed by atoms with Crippen LogP contribution in [0.5, 0.6) is 0 Å². The monoisotopic (exact) mass is 441 g/mol. The van der Waals surface area contributed by atoms with Crippen molar-refractivity contribution in [3.63, 3.8) is 0 Å². The number of hydrogen-bond acceptors (Lipinski definition) is 6. The Bertz CT molecular complexity index is 546. The van der Waals surface area contributed by atoms with Crippen LogP contribution in [0.15, 0.2) is 11.8 Å². The summed E-state index contributed by atoms with van der Waals surface area (Å²) in [5, 5.41) is 8.74. The molecule has 2 rings (SSSR count). The molecule has 0 aromatic heterocycles. The number of aliphatic hydroxyl groups is 1. The standard InChI is InChI=1S/C24H43NO6/c1-5-30-24-20(11-13-28-15-16-29-14-12-26)21(18(2)3)17-22(31-24)23(27)25(4)19-9-7-6-8-10-19/h17-21,24,26H,5-16H2,1-4H3/t20-,21+,24+/m1/s1. The van der Waals surface area contributed by atoms with Crippen LogP contribution >= 0.6 is 0 Å². The zero-order chi connectivity index (χ0) is 22.6. The zero-order valence-corrected chi connectivity index (χ0v) is 19.9. The Balaban J connectivity index is 2.01. The molecule has 1 aliphatic carbocycles. The van der Waals surface area contributed by atoms with Crippen molar-refractivity contribution in [3.8, 4) is 0 Å². The van der Waals surface area contributed by atoms with Crippen LogP contribution < -0.4 is 0 Å². The van der Waals surface area contributed by atoms with Gasteiger partial charge in [-0.25, -0.2) is 0 Å². The number of rotatable bonds is 13. The molecule has 1 N–H and O–H groups in total. The number of ether oxygens (including phenoxy) is 4. The highest BCUT2D eigenvalue weighted by atomic mass is 16.7. The quantitative estimate of drug-likeness (QED) is 0.442. The van der Waals surface area contributed by atoms with Crippen LogP contribution in [0.4, 0.5) is 0 Å². The normalized spacial score (nSPS) is 24.7. The Morgan fingerprint density at radius 2 is 1.84 bits per heavy atom. The lowest BCUT2D eigenvalue weighted by atomic mass is 9.79. The van der Waals surface area contributed by atoms with Gasteiger partial charge in [-0.3, -0.25) is 4.79 Å². The molecule has 0 aromatic rings. The molecule has 1 aliphatic heterocycles. The van der Waals surface area contributed by atoms with E-state index in [-0.39, 0.29) is 24.3 Å². The number of carbonyl (C=O) groups excluding carboxylic acids is 1. The fourth-order valence-corrected chi connectivity index (χ4v) is 4.60. The van der Waals surface area contributed by atoms with Crippen molar-refractivity contribution < 1.29 is 28.8 Å². The molecule has 7 nitrogen and oxygen atoms in total.